The quantitative estimate of drug-likeness (QED) is 0.779. The first-order valence-corrected chi connectivity index (χ1v) is 7.40. The number of hydrogen-bond donors (Lipinski definition) is 1. The van der Waals surface area contributed by atoms with Crippen molar-refractivity contribution in [3.63, 3.8) is 0 Å². The number of carbonyl (C=O) groups excluding carboxylic acids is 1. The van der Waals surface area contributed by atoms with Gasteiger partial charge in [0.25, 0.3) is 5.91 Å². The first-order chi connectivity index (χ1) is 10.8. The van der Waals surface area contributed by atoms with Crippen LogP contribution in [0.2, 0.25) is 0 Å². The molecule has 0 unspecified atom stereocenters. The summed E-state index contributed by atoms with van der Waals surface area (Å²) in [5.74, 6) is 0.0433. The number of aromatic nitrogens is 5. The van der Waals surface area contributed by atoms with Gasteiger partial charge in [0.1, 0.15) is 11.0 Å². The molecule has 1 aliphatic heterocycles. The Morgan fingerprint density at radius 2 is 2.18 bits per heavy atom. The van der Waals surface area contributed by atoms with Crippen molar-refractivity contribution >= 4 is 16.9 Å². The predicted molar refractivity (Wildman–Crippen MR) is 80.3 cm³/mol. The van der Waals surface area contributed by atoms with Crippen LogP contribution in [-0.2, 0) is 0 Å². The van der Waals surface area contributed by atoms with Gasteiger partial charge in [0.15, 0.2) is 0 Å². The molecule has 112 valence electrons. The van der Waals surface area contributed by atoms with Crippen molar-refractivity contribution in [2.75, 3.05) is 13.1 Å². The molecule has 0 aliphatic carbocycles. The summed E-state index contributed by atoms with van der Waals surface area (Å²) in [6.07, 6.45) is 5.77. The van der Waals surface area contributed by atoms with E-state index in [9.17, 15) is 4.79 Å². The topological polar surface area (TPSA) is 79.7 Å². The summed E-state index contributed by atoms with van der Waals surface area (Å²) in [6.45, 7) is 1.48. The number of H-pyrrole nitrogens is 1. The van der Waals surface area contributed by atoms with E-state index >= 15 is 0 Å². The molecular weight excluding hydrogens is 280 g/mol. The van der Waals surface area contributed by atoms with Crippen LogP contribution >= 0.6 is 0 Å². The Labute approximate surface area is 126 Å². The molecular formula is C15H16N6O. The number of hydrogen-bond acceptors (Lipinski definition) is 4. The molecule has 0 bridgehead atoms. The van der Waals surface area contributed by atoms with Crippen LogP contribution in [0, 0.1) is 0 Å². The lowest BCUT2D eigenvalue weighted by Gasteiger charge is -2.33. The van der Waals surface area contributed by atoms with Gasteiger partial charge in [0.2, 0.25) is 0 Å². The Morgan fingerprint density at radius 1 is 1.27 bits per heavy atom. The van der Waals surface area contributed by atoms with Crippen LogP contribution in [0.3, 0.4) is 0 Å². The monoisotopic (exact) mass is 296 g/mol. The molecule has 1 aromatic carbocycles. The smallest absolute Gasteiger partial charge is 0.254 e. The van der Waals surface area contributed by atoms with Crippen molar-refractivity contribution in [3.05, 3.63) is 42.2 Å². The van der Waals surface area contributed by atoms with Crippen LogP contribution in [0.1, 0.15) is 29.2 Å². The number of likely N-dealkylation sites (tertiary alicyclic amines) is 1. The van der Waals surface area contributed by atoms with E-state index in [1.54, 1.807) is 12.3 Å². The van der Waals surface area contributed by atoms with Crippen molar-refractivity contribution in [1.29, 1.82) is 0 Å². The summed E-state index contributed by atoms with van der Waals surface area (Å²) in [4.78, 5) is 14.6. The molecule has 3 aromatic rings. The van der Waals surface area contributed by atoms with Gasteiger partial charge in [0, 0.05) is 31.0 Å². The molecule has 0 saturated carbocycles. The maximum Gasteiger partial charge on any atom is 0.254 e. The van der Waals surface area contributed by atoms with E-state index in [4.69, 9.17) is 0 Å². The molecule has 1 atom stereocenters. The number of aromatic amines is 1. The fourth-order valence-corrected chi connectivity index (χ4v) is 3.01. The fraction of sp³-hybridized carbons (Fsp3) is 0.333. The number of carbonyl (C=O) groups is 1. The van der Waals surface area contributed by atoms with Crippen molar-refractivity contribution in [3.8, 4) is 0 Å². The van der Waals surface area contributed by atoms with E-state index in [-0.39, 0.29) is 11.9 Å². The second-order valence-electron chi connectivity index (χ2n) is 5.56. The summed E-state index contributed by atoms with van der Waals surface area (Å²) in [5, 5.41) is 14.9. The number of rotatable bonds is 2. The highest BCUT2D eigenvalue weighted by Crippen LogP contribution is 2.22. The Kier molecular flexibility index (Phi) is 3.10. The van der Waals surface area contributed by atoms with Gasteiger partial charge < -0.3 is 4.90 Å². The Hall–Kier alpha value is -2.70. The summed E-state index contributed by atoms with van der Waals surface area (Å²) in [7, 11) is 0. The molecule has 1 aliphatic rings. The summed E-state index contributed by atoms with van der Waals surface area (Å²) < 4.78 is 1.94. The van der Waals surface area contributed by atoms with Crippen LogP contribution in [0.5, 0.6) is 0 Å². The zero-order chi connectivity index (χ0) is 14.9. The molecule has 22 heavy (non-hydrogen) atoms. The third-order valence-electron chi connectivity index (χ3n) is 4.15. The Morgan fingerprint density at radius 3 is 3.05 bits per heavy atom. The molecule has 0 radical (unpaired) electrons. The van der Waals surface area contributed by atoms with E-state index in [0.717, 1.165) is 24.9 Å². The zero-order valence-electron chi connectivity index (χ0n) is 12.0. The SMILES string of the molecule is O=C(c1ccc2n[nH]nc2c1)N1CCC[C@H](n2cccn2)C1. The van der Waals surface area contributed by atoms with E-state index in [2.05, 4.69) is 20.5 Å². The van der Waals surface area contributed by atoms with Gasteiger partial charge in [-0.25, -0.2) is 0 Å². The molecule has 4 rings (SSSR count). The number of nitrogens with one attached hydrogen (secondary N) is 1. The maximum atomic E-state index is 12.7. The highest BCUT2D eigenvalue weighted by molar-refractivity contribution is 5.97. The second-order valence-corrected chi connectivity index (χ2v) is 5.56. The van der Waals surface area contributed by atoms with Gasteiger partial charge in [-0.05, 0) is 37.1 Å². The zero-order valence-corrected chi connectivity index (χ0v) is 12.0. The Bertz CT molecular complexity index is 793. The van der Waals surface area contributed by atoms with Gasteiger partial charge in [0.05, 0.1) is 6.04 Å². The minimum absolute atomic E-state index is 0.0433. The molecule has 1 saturated heterocycles. The van der Waals surface area contributed by atoms with Crippen LogP contribution in [-0.4, -0.2) is 49.1 Å². The lowest BCUT2D eigenvalue weighted by atomic mass is 10.0. The van der Waals surface area contributed by atoms with Gasteiger partial charge in [-0.15, -0.1) is 0 Å². The molecule has 3 heterocycles. The van der Waals surface area contributed by atoms with Crippen molar-refractivity contribution in [2.24, 2.45) is 0 Å². The standard InChI is InChI=1S/C15H16N6O/c22-15(11-4-5-13-14(9-11)18-19-17-13)20-7-1-3-12(10-20)21-8-2-6-16-21/h2,4-6,8-9,12H,1,3,7,10H2,(H,17,18,19)/t12-/m0/s1. The van der Waals surface area contributed by atoms with E-state index in [1.165, 1.54) is 0 Å². The number of benzene rings is 1. The van der Waals surface area contributed by atoms with E-state index in [1.807, 2.05) is 34.0 Å². The molecule has 0 spiro atoms. The average Bonchev–Trinajstić information content (AvgIpc) is 3.25. The number of fused-ring (bicyclic) bond motifs is 1. The normalized spacial score (nSPS) is 18.7. The van der Waals surface area contributed by atoms with Crippen LogP contribution < -0.4 is 0 Å². The Balaban J connectivity index is 1.56. The van der Waals surface area contributed by atoms with Gasteiger partial charge in [-0.3, -0.25) is 9.48 Å². The molecule has 2 aromatic heterocycles. The van der Waals surface area contributed by atoms with Crippen molar-refractivity contribution in [2.45, 2.75) is 18.9 Å². The fourth-order valence-electron chi connectivity index (χ4n) is 3.01. The van der Waals surface area contributed by atoms with Crippen molar-refractivity contribution in [1.82, 2.24) is 30.1 Å². The largest absolute Gasteiger partial charge is 0.337 e. The third-order valence-corrected chi connectivity index (χ3v) is 4.15. The summed E-state index contributed by atoms with van der Waals surface area (Å²) in [6, 6.07) is 7.59. The number of piperidine rings is 1. The molecule has 7 nitrogen and oxygen atoms in total. The van der Waals surface area contributed by atoms with Crippen molar-refractivity contribution < 1.29 is 4.79 Å². The lowest BCUT2D eigenvalue weighted by molar-refractivity contribution is 0.0673. The minimum atomic E-state index is 0.0433. The highest BCUT2D eigenvalue weighted by Gasteiger charge is 2.25. The molecule has 1 fully saturated rings. The second kappa shape index (κ2) is 5.25. The van der Waals surface area contributed by atoms with Crippen LogP contribution in [0.25, 0.3) is 11.0 Å². The summed E-state index contributed by atoms with van der Waals surface area (Å²) in [5.41, 5.74) is 2.14. The lowest BCUT2D eigenvalue weighted by Crippen LogP contribution is -2.40. The molecule has 7 heteroatoms. The first kappa shape index (κ1) is 13.0. The average molecular weight is 296 g/mol. The number of amides is 1. The number of nitrogens with zero attached hydrogens (tertiary/aromatic N) is 5. The van der Waals surface area contributed by atoms with E-state index in [0.29, 0.717) is 17.6 Å². The third kappa shape index (κ3) is 2.24. The minimum Gasteiger partial charge on any atom is -0.337 e. The van der Waals surface area contributed by atoms with Crippen LogP contribution in [0.15, 0.2) is 36.7 Å². The van der Waals surface area contributed by atoms with Gasteiger partial charge in [-0.1, -0.05) is 0 Å². The van der Waals surface area contributed by atoms with Gasteiger partial charge >= 0.3 is 0 Å². The van der Waals surface area contributed by atoms with E-state index < -0.39 is 0 Å². The van der Waals surface area contributed by atoms with Gasteiger partial charge in [-0.2, -0.15) is 20.5 Å². The first-order valence-electron chi connectivity index (χ1n) is 7.40. The highest BCUT2D eigenvalue weighted by atomic mass is 16.2. The molecule has 1 amide bonds. The maximum absolute atomic E-state index is 12.7. The summed E-state index contributed by atoms with van der Waals surface area (Å²) >= 11 is 0. The predicted octanol–water partition coefficient (Wildman–Crippen LogP) is 1.63. The van der Waals surface area contributed by atoms with Crippen LogP contribution in [0.4, 0.5) is 0 Å². The molecule has 1 N–H and O–H groups in total.